The minimum absolute atomic E-state index is 0.0406. The molecule has 0 atom stereocenters. The molecular weight excluding hydrogens is 258 g/mol. The fourth-order valence-electron chi connectivity index (χ4n) is 2.80. The van der Waals surface area contributed by atoms with Crippen LogP contribution in [0.5, 0.6) is 0 Å². The lowest BCUT2D eigenvalue weighted by molar-refractivity contribution is 0.0697. The monoisotopic (exact) mass is 265 g/mol. The first-order chi connectivity index (χ1) is 9.59. The number of carbonyl (C=O) groups excluding carboxylic acids is 2. The Balaban J connectivity index is 2.23. The molecule has 2 heterocycles. The molecular formula is C15H7NO4. The lowest BCUT2D eigenvalue weighted by Gasteiger charge is -2.19. The van der Waals surface area contributed by atoms with Crippen molar-refractivity contribution in [3.05, 3.63) is 53.1 Å². The Morgan fingerprint density at radius 2 is 1.55 bits per heavy atom. The number of hydrogen-bond acceptors (Lipinski definition) is 3. The molecule has 0 saturated carbocycles. The van der Waals surface area contributed by atoms with E-state index in [2.05, 4.69) is 0 Å². The van der Waals surface area contributed by atoms with Crippen LogP contribution in [0, 0.1) is 0 Å². The molecule has 2 aromatic rings. The highest BCUT2D eigenvalue weighted by Gasteiger charge is 2.41. The molecule has 2 amide bonds. The van der Waals surface area contributed by atoms with Gasteiger partial charge in [0.15, 0.2) is 0 Å². The standard InChI is InChI=1S/C15H7NO4/c17-13-9-5-8-7-3-1-2-4-12(7)16(13)14(18)10(9)6-11(8)15(19)20/h1-6H,(H,19,20). The van der Waals surface area contributed by atoms with Crippen molar-refractivity contribution in [2.75, 3.05) is 4.90 Å². The molecule has 0 unspecified atom stereocenters. The van der Waals surface area contributed by atoms with E-state index in [4.69, 9.17) is 0 Å². The van der Waals surface area contributed by atoms with E-state index in [1.807, 2.05) is 0 Å². The van der Waals surface area contributed by atoms with E-state index in [9.17, 15) is 19.5 Å². The molecule has 4 rings (SSSR count). The third kappa shape index (κ3) is 1.10. The maximum atomic E-state index is 12.3. The summed E-state index contributed by atoms with van der Waals surface area (Å²) >= 11 is 0. The molecule has 0 fully saturated rings. The zero-order valence-electron chi connectivity index (χ0n) is 10.1. The quantitative estimate of drug-likeness (QED) is 0.802. The number of carboxylic acid groups (broad SMARTS) is 1. The lowest BCUT2D eigenvalue weighted by atomic mass is 9.93. The fourth-order valence-corrected chi connectivity index (χ4v) is 2.80. The van der Waals surface area contributed by atoms with Crippen molar-refractivity contribution in [2.45, 2.75) is 0 Å². The minimum Gasteiger partial charge on any atom is -0.478 e. The number of aromatic carboxylic acids is 1. The highest BCUT2D eigenvalue weighted by molar-refractivity contribution is 6.37. The van der Waals surface area contributed by atoms with Gasteiger partial charge in [-0.25, -0.2) is 9.69 Å². The Morgan fingerprint density at radius 3 is 2.25 bits per heavy atom. The molecule has 0 saturated heterocycles. The average molecular weight is 265 g/mol. The van der Waals surface area contributed by atoms with Crippen LogP contribution in [0.1, 0.15) is 31.1 Å². The number of carboxylic acids is 1. The van der Waals surface area contributed by atoms with Crippen LogP contribution < -0.4 is 4.90 Å². The Labute approximate surface area is 113 Å². The number of para-hydroxylation sites is 1. The summed E-state index contributed by atoms with van der Waals surface area (Å²) < 4.78 is 0. The third-order valence-electron chi connectivity index (χ3n) is 3.69. The molecule has 1 N–H and O–H groups in total. The molecule has 2 aliphatic rings. The van der Waals surface area contributed by atoms with Crippen LogP contribution in [0.15, 0.2) is 36.4 Å². The second-order valence-corrected chi connectivity index (χ2v) is 4.71. The van der Waals surface area contributed by atoms with Crippen LogP contribution in [-0.4, -0.2) is 22.9 Å². The van der Waals surface area contributed by atoms with Gasteiger partial charge in [-0.05, 0) is 23.8 Å². The van der Waals surface area contributed by atoms with Gasteiger partial charge in [-0.1, -0.05) is 18.2 Å². The summed E-state index contributed by atoms with van der Waals surface area (Å²) in [6, 6.07) is 9.62. The SMILES string of the molecule is O=C(O)c1cc2c3cc1-c1ccccc1N(C2=O)C3=O. The maximum Gasteiger partial charge on any atom is 0.336 e. The van der Waals surface area contributed by atoms with E-state index >= 15 is 0 Å². The number of fused-ring (bicyclic) bond motifs is 5. The zero-order valence-corrected chi connectivity index (χ0v) is 10.1. The second-order valence-electron chi connectivity index (χ2n) is 4.71. The normalized spacial score (nSPS) is 14.5. The van der Waals surface area contributed by atoms with Crippen molar-refractivity contribution in [2.24, 2.45) is 0 Å². The van der Waals surface area contributed by atoms with Crippen LogP contribution >= 0.6 is 0 Å². The Kier molecular flexibility index (Phi) is 1.82. The van der Waals surface area contributed by atoms with Gasteiger partial charge in [0.25, 0.3) is 11.8 Å². The third-order valence-corrected chi connectivity index (χ3v) is 3.69. The molecule has 0 aromatic heterocycles. The zero-order chi connectivity index (χ0) is 14.0. The number of hydrogen-bond donors (Lipinski definition) is 1. The number of carbonyl (C=O) groups is 3. The van der Waals surface area contributed by atoms with Gasteiger partial charge in [0.05, 0.1) is 22.4 Å². The largest absolute Gasteiger partial charge is 0.478 e. The van der Waals surface area contributed by atoms with Crippen LogP contribution in [0.25, 0.3) is 11.1 Å². The van der Waals surface area contributed by atoms with Gasteiger partial charge in [-0.3, -0.25) is 9.59 Å². The number of benzene rings is 2. The van der Waals surface area contributed by atoms with Crippen molar-refractivity contribution < 1.29 is 19.5 Å². The first-order valence-corrected chi connectivity index (χ1v) is 5.99. The van der Waals surface area contributed by atoms with Crippen molar-refractivity contribution in [1.29, 1.82) is 0 Å². The Morgan fingerprint density at radius 1 is 0.900 bits per heavy atom. The Bertz CT molecular complexity index is 838. The molecule has 5 heteroatoms. The van der Waals surface area contributed by atoms with Crippen molar-refractivity contribution in [1.82, 2.24) is 0 Å². The summed E-state index contributed by atoms with van der Waals surface area (Å²) in [6.07, 6.45) is 0. The van der Waals surface area contributed by atoms with Crippen LogP contribution in [0.2, 0.25) is 0 Å². The van der Waals surface area contributed by atoms with E-state index in [-0.39, 0.29) is 16.7 Å². The summed E-state index contributed by atoms with van der Waals surface area (Å²) in [7, 11) is 0. The predicted octanol–water partition coefficient (Wildman–Crippen LogP) is 2.17. The molecule has 0 spiro atoms. The molecule has 2 aliphatic heterocycles. The van der Waals surface area contributed by atoms with Gasteiger partial charge in [-0.15, -0.1) is 0 Å². The molecule has 5 nitrogen and oxygen atoms in total. The molecule has 20 heavy (non-hydrogen) atoms. The molecule has 96 valence electrons. The second kappa shape index (κ2) is 3.33. The van der Waals surface area contributed by atoms with Crippen molar-refractivity contribution in [3.63, 3.8) is 0 Å². The van der Waals surface area contributed by atoms with E-state index in [0.29, 0.717) is 16.8 Å². The van der Waals surface area contributed by atoms with Gasteiger partial charge < -0.3 is 5.11 Å². The summed E-state index contributed by atoms with van der Waals surface area (Å²) in [5, 5.41) is 9.31. The van der Waals surface area contributed by atoms with Gasteiger partial charge in [-0.2, -0.15) is 0 Å². The van der Waals surface area contributed by atoms with Gasteiger partial charge >= 0.3 is 5.97 Å². The van der Waals surface area contributed by atoms with Crippen molar-refractivity contribution >= 4 is 23.5 Å². The highest BCUT2D eigenvalue weighted by atomic mass is 16.4. The topological polar surface area (TPSA) is 74.7 Å². The summed E-state index contributed by atoms with van der Waals surface area (Å²) in [6.45, 7) is 0. The van der Waals surface area contributed by atoms with E-state index in [0.717, 1.165) is 4.90 Å². The van der Waals surface area contributed by atoms with Crippen LogP contribution in [-0.2, 0) is 0 Å². The first kappa shape index (κ1) is 10.9. The van der Waals surface area contributed by atoms with E-state index < -0.39 is 17.8 Å². The minimum atomic E-state index is -1.11. The van der Waals surface area contributed by atoms with E-state index in [1.165, 1.54) is 12.1 Å². The number of imide groups is 1. The maximum absolute atomic E-state index is 12.3. The van der Waals surface area contributed by atoms with Gasteiger partial charge in [0.1, 0.15) is 0 Å². The fraction of sp³-hybridized carbons (Fsp3) is 0. The molecule has 0 aliphatic carbocycles. The average Bonchev–Trinajstić information content (AvgIpc) is 2.62. The van der Waals surface area contributed by atoms with Crippen LogP contribution in [0.3, 0.4) is 0 Å². The summed E-state index contributed by atoms with van der Waals surface area (Å²) in [5.74, 6) is -1.97. The van der Waals surface area contributed by atoms with Crippen molar-refractivity contribution in [3.8, 4) is 11.1 Å². The first-order valence-electron chi connectivity index (χ1n) is 5.99. The predicted molar refractivity (Wildman–Crippen MR) is 70.0 cm³/mol. The number of rotatable bonds is 1. The van der Waals surface area contributed by atoms with Gasteiger partial charge in [0, 0.05) is 5.56 Å². The number of nitrogens with zero attached hydrogens (tertiary/aromatic N) is 1. The highest BCUT2D eigenvalue weighted by Crippen LogP contribution is 2.43. The Hall–Kier alpha value is -2.95. The van der Waals surface area contributed by atoms with E-state index in [1.54, 1.807) is 24.3 Å². The molecule has 2 aromatic carbocycles. The lowest BCUT2D eigenvalue weighted by Crippen LogP contribution is -2.29. The summed E-state index contributed by atoms with van der Waals surface area (Å²) in [5.41, 5.74) is 1.95. The molecule has 0 radical (unpaired) electrons. The number of anilines is 1. The van der Waals surface area contributed by atoms with Gasteiger partial charge in [0.2, 0.25) is 0 Å². The smallest absolute Gasteiger partial charge is 0.336 e. The van der Waals surface area contributed by atoms with Crippen LogP contribution in [0.4, 0.5) is 5.69 Å². The number of amides is 2. The molecule has 3 bridgehead atoms. The summed E-state index contributed by atoms with van der Waals surface area (Å²) in [4.78, 5) is 37.1.